The Hall–Kier alpha value is -2.23. The zero-order valence-corrected chi connectivity index (χ0v) is 12.0. The van der Waals surface area contributed by atoms with Crippen LogP contribution in [0.2, 0.25) is 0 Å². The molecule has 0 spiro atoms. The van der Waals surface area contributed by atoms with Crippen molar-refractivity contribution >= 4 is 21.6 Å². The highest BCUT2D eigenvalue weighted by molar-refractivity contribution is 7.89. The molecule has 8 nitrogen and oxygen atoms in total. The lowest BCUT2D eigenvalue weighted by Gasteiger charge is -2.10. The number of hydrogen-bond acceptors (Lipinski definition) is 5. The number of carbonyl (C=O) groups excluding carboxylic acids is 1. The first-order valence-corrected chi connectivity index (χ1v) is 7.50. The zero-order chi connectivity index (χ0) is 15.6. The van der Waals surface area contributed by atoms with Crippen LogP contribution >= 0.6 is 0 Å². The van der Waals surface area contributed by atoms with Gasteiger partial charge in [-0.2, -0.15) is 5.10 Å². The Kier molecular flexibility index (Phi) is 4.07. The Labute approximate surface area is 121 Å². The number of primary sulfonamides is 1. The molecule has 21 heavy (non-hydrogen) atoms. The van der Waals surface area contributed by atoms with Crippen LogP contribution in [0.4, 0.5) is 5.69 Å². The van der Waals surface area contributed by atoms with Gasteiger partial charge in [0.2, 0.25) is 15.9 Å². The fourth-order valence-electron chi connectivity index (χ4n) is 1.70. The minimum absolute atomic E-state index is 0.0305. The fourth-order valence-corrected chi connectivity index (χ4v) is 2.22. The zero-order valence-electron chi connectivity index (χ0n) is 11.2. The average molecular weight is 309 g/mol. The molecule has 0 aliphatic carbocycles. The van der Waals surface area contributed by atoms with Crippen LogP contribution in [0.3, 0.4) is 0 Å². The molecule has 9 heteroatoms. The van der Waals surface area contributed by atoms with Crippen LogP contribution in [-0.2, 0) is 21.9 Å². The highest BCUT2D eigenvalue weighted by Crippen LogP contribution is 2.15. The van der Waals surface area contributed by atoms with Gasteiger partial charge in [-0.3, -0.25) is 9.48 Å². The van der Waals surface area contributed by atoms with Crippen molar-refractivity contribution in [2.24, 2.45) is 17.9 Å². The third-order valence-corrected chi connectivity index (χ3v) is 3.75. The molecule has 2 aromatic rings. The molecule has 0 aliphatic rings. The summed E-state index contributed by atoms with van der Waals surface area (Å²) in [5, 5.41) is 11.5. The standard InChI is InChI=1S/C12H15N5O3S/c1-17-7-8(6-15-17)11(13)12(18)16-9-2-4-10(5-3-9)21(14,19)20/h2-7,11H,13H2,1H3,(H,16,18)(H2,14,19,20). The molecular formula is C12H15N5O3S. The maximum atomic E-state index is 12.0. The Morgan fingerprint density at radius 1 is 1.33 bits per heavy atom. The van der Waals surface area contributed by atoms with Gasteiger partial charge in [-0.05, 0) is 24.3 Å². The Morgan fingerprint density at radius 2 is 1.95 bits per heavy atom. The molecule has 0 aliphatic heterocycles. The van der Waals surface area contributed by atoms with E-state index in [4.69, 9.17) is 10.9 Å². The number of anilines is 1. The van der Waals surface area contributed by atoms with Gasteiger partial charge in [0.25, 0.3) is 0 Å². The highest BCUT2D eigenvalue weighted by Gasteiger charge is 2.17. The van der Waals surface area contributed by atoms with E-state index in [1.54, 1.807) is 17.9 Å². The van der Waals surface area contributed by atoms with E-state index in [0.717, 1.165) is 0 Å². The van der Waals surface area contributed by atoms with Crippen LogP contribution in [0.1, 0.15) is 11.6 Å². The summed E-state index contributed by atoms with van der Waals surface area (Å²) in [7, 11) is -2.03. The number of aryl methyl sites for hydroxylation is 1. The van der Waals surface area contributed by atoms with Crippen molar-refractivity contribution in [1.29, 1.82) is 0 Å². The summed E-state index contributed by atoms with van der Waals surface area (Å²) in [6, 6.07) is 4.62. The summed E-state index contributed by atoms with van der Waals surface area (Å²) in [4.78, 5) is 12.0. The molecule has 1 heterocycles. The molecule has 1 aromatic carbocycles. The van der Waals surface area contributed by atoms with Gasteiger partial charge >= 0.3 is 0 Å². The normalized spacial score (nSPS) is 12.9. The third-order valence-electron chi connectivity index (χ3n) is 2.82. The fraction of sp³-hybridized carbons (Fsp3) is 0.167. The molecule has 0 saturated carbocycles. The van der Waals surface area contributed by atoms with Crippen LogP contribution in [0.5, 0.6) is 0 Å². The van der Waals surface area contributed by atoms with Crippen molar-refractivity contribution < 1.29 is 13.2 Å². The van der Waals surface area contributed by atoms with Gasteiger partial charge in [-0.15, -0.1) is 0 Å². The Bertz CT molecular complexity index is 751. The van der Waals surface area contributed by atoms with Crippen LogP contribution in [-0.4, -0.2) is 24.1 Å². The van der Waals surface area contributed by atoms with Crippen molar-refractivity contribution in [3.8, 4) is 0 Å². The van der Waals surface area contributed by atoms with Crippen LogP contribution in [0, 0.1) is 0 Å². The van der Waals surface area contributed by atoms with E-state index < -0.39 is 22.0 Å². The van der Waals surface area contributed by atoms with Crippen molar-refractivity contribution in [2.75, 3.05) is 5.32 Å². The predicted octanol–water partition coefficient (Wildman–Crippen LogP) is -0.294. The van der Waals surface area contributed by atoms with E-state index in [1.165, 1.54) is 30.5 Å². The largest absolute Gasteiger partial charge is 0.324 e. The molecule has 5 N–H and O–H groups in total. The molecule has 0 fully saturated rings. The first-order chi connectivity index (χ1) is 9.77. The molecule has 1 amide bonds. The minimum atomic E-state index is -3.75. The number of nitrogens with zero attached hydrogens (tertiary/aromatic N) is 2. The van der Waals surface area contributed by atoms with Crippen molar-refractivity contribution in [2.45, 2.75) is 10.9 Å². The summed E-state index contributed by atoms with van der Waals surface area (Å²) in [6.07, 6.45) is 3.16. The van der Waals surface area contributed by atoms with Gasteiger partial charge in [0.15, 0.2) is 0 Å². The van der Waals surface area contributed by atoms with E-state index in [2.05, 4.69) is 10.4 Å². The second-order valence-electron chi connectivity index (χ2n) is 4.48. The molecule has 112 valence electrons. The number of nitrogens with one attached hydrogen (secondary N) is 1. The molecule has 1 unspecified atom stereocenters. The number of benzene rings is 1. The second-order valence-corrected chi connectivity index (χ2v) is 6.05. The maximum absolute atomic E-state index is 12.0. The van der Waals surface area contributed by atoms with E-state index in [-0.39, 0.29) is 4.90 Å². The lowest BCUT2D eigenvalue weighted by molar-refractivity contribution is -0.117. The summed E-state index contributed by atoms with van der Waals surface area (Å²) in [5.41, 5.74) is 6.82. The first kappa shape index (κ1) is 15.2. The number of rotatable bonds is 4. The number of nitrogens with two attached hydrogens (primary N) is 2. The summed E-state index contributed by atoms with van der Waals surface area (Å²) < 4.78 is 23.8. The number of hydrogen-bond donors (Lipinski definition) is 3. The van der Waals surface area contributed by atoms with Crippen LogP contribution in [0.15, 0.2) is 41.6 Å². The van der Waals surface area contributed by atoms with Crippen LogP contribution < -0.4 is 16.2 Å². The second kappa shape index (κ2) is 5.64. The quantitative estimate of drug-likeness (QED) is 0.713. The third kappa shape index (κ3) is 3.66. The maximum Gasteiger partial charge on any atom is 0.246 e. The van der Waals surface area contributed by atoms with Gasteiger partial charge in [0.1, 0.15) is 6.04 Å². The monoisotopic (exact) mass is 309 g/mol. The number of carbonyl (C=O) groups is 1. The van der Waals surface area contributed by atoms with Gasteiger partial charge in [-0.1, -0.05) is 0 Å². The molecule has 0 saturated heterocycles. The lowest BCUT2D eigenvalue weighted by Crippen LogP contribution is -2.27. The topological polar surface area (TPSA) is 133 Å². The molecule has 0 radical (unpaired) electrons. The van der Waals surface area contributed by atoms with Gasteiger partial charge in [0.05, 0.1) is 11.1 Å². The summed E-state index contributed by atoms with van der Waals surface area (Å²) in [5.74, 6) is -0.425. The highest BCUT2D eigenvalue weighted by atomic mass is 32.2. The molecule has 1 aromatic heterocycles. The summed E-state index contributed by atoms with van der Waals surface area (Å²) in [6.45, 7) is 0. The summed E-state index contributed by atoms with van der Waals surface area (Å²) >= 11 is 0. The number of aromatic nitrogens is 2. The Balaban J connectivity index is 2.09. The average Bonchev–Trinajstić information content (AvgIpc) is 2.84. The number of sulfonamides is 1. The van der Waals surface area contributed by atoms with E-state index in [9.17, 15) is 13.2 Å². The molecular weight excluding hydrogens is 294 g/mol. The lowest BCUT2D eigenvalue weighted by atomic mass is 10.1. The Morgan fingerprint density at radius 3 is 2.43 bits per heavy atom. The predicted molar refractivity (Wildman–Crippen MR) is 76.6 cm³/mol. The van der Waals surface area contributed by atoms with Crippen molar-refractivity contribution in [3.05, 3.63) is 42.2 Å². The van der Waals surface area contributed by atoms with Crippen molar-refractivity contribution in [1.82, 2.24) is 9.78 Å². The van der Waals surface area contributed by atoms with E-state index in [1.807, 2.05) is 0 Å². The van der Waals surface area contributed by atoms with Gasteiger partial charge in [-0.25, -0.2) is 13.6 Å². The van der Waals surface area contributed by atoms with Gasteiger partial charge < -0.3 is 11.1 Å². The van der Waals surface area contributed by atoms with Gasteiger partial charge in [0, 0.05) is 24.5 Å². The molecule has 0 bridgehead atoms. The molecule has 1 atom stereocenters. The first-order valence-electron chi connectivity index (χ1n) is 5.95. The number of amides is 1. The minimum Gasteiger partial charge on any atom is -0.324 e. The van der Waals surface area contributed by atoms with E-state index >= 15 is 0 Å². The van der Waals surface area contributed by atoms with E-state index in [0.29, 0.717) is 11.3 Å². The smallest absolute Gasteiger partial charge is 0.246 e. The molecule has 2 rings (SSSR count). The van der Waals surface area contributed by atoms with Crippen LogP contribution in [0.25, 0.3) is 0 Å². The van der Waals surface area contributed by atoms with Crippen molar-refractivity contribution in [3.63, 3.8) is 0 Å². The SMILES string of the molecule is Cn1cc(C(N)C(=O)Nc2ccc(S(N)(=O)=O)cc2)cn1.